The molecule has 0 aliphatic rings. The van der Waals surface area contributed by atoms with Crippen LogP contribution in [0.3, 0.4) is 0 Å². The van der Waals surface area contributed by atoms with Gasteiger partial charge in [-0.05, 0) is 37.6 Å². The number of nitro benzene ring substituents is 1. The van der Waals surface area contributed by atoms with Gasteiger partial charge < -0.3 is 13.9 Å². The minimum Gasteiger partial charge on any atom is -0.493 e. The summed E-state index contributed by atoms with van der Waals surface area (Å²) in [7, 11) is 0. The first kappa shape index (κ1) is 20.0. The number of ether oxygens (including phenoxy) is 2. The Bertz CT molecular complexity index is 999. The van der Waals surface area contributed by atoms with Crippen LogP contribution in [0.25, 0.3) is 11.5 Å². The lowest BCUT2D eigenvalue weighted by molar-refractivity contribution is -0.384. The van der Waals surface area contributed by atoms with Crippen molar-refractivity contribution in [3.8, 4) is 17.2 Å². The van der Waals surface area contributed by atoms with Crippen molar-refractivity contribution in [2.45, 2.75) is 26.4 Å². The molecular formula is C20H19N3O6. The Kier molecular flexibility index (Phi) is 6.18. The molecule has 1 heterocycles. The average molecular weight is 397 g/mol. The van der Waals surface area contributed by atoms with Crippen molar-refractivity contribution < 1.29 is 23.6 Å². The zero-order valence-corrected chi connectivity index (χ0v) is 15.9. The van der Waals surface area contributed by atoms with Gasteiger partial charge in [0.1, 0.15) is 5.75 Å². The fourth-order valence-electron chi connectivity index (χ4n) is 2.51. The van der Waals surface area contributed by atoms with E-state index in [1.54, 1.807) is 6.92 Å². The number of carbonyl (C=O) groups is 1. The zero-order chi connectivity index (χ0) is 20.8. The van der Waals surface area contributed by atoms with E-state index < -0.39 is 17.0 Å². The van der Waals surface area contributed by atoms with Crippen LogP contribution in [-0.2, 0) is 9.53 Å². The molecule has 0 N–H and O–H groups in total. The number of esters is 1. The maximum absolute atomic E-state index is 12.0. The van der Waals surface area contributed by atoms with Gasteiger partial charge in [0.25, 0.3) is 11.6 Å². The molecule has 2 aromatic carbocycles. The highest BCUT2D eigenvalue weighted by atomic mass is 16.6. The summed E-state index contributed by atoms with van der Waals surface area (Å²) < 4.78 is 16.4. The largest absolute Gasteiger partial charge is 0.493 e. The molecule has 9 nitrogen and oxygen atoms in total. The molecule has 3 aromatic rings. The first-order chi connectivity index (χ1) is 13.9. The van der Waals surface area contributed by atoms with Crippen LogP contribution in [0.1, 0.15) is 30.9 Å². The Morgan fingerprint density at radius 2 is 1.90 bits per heavy atom. The number of aryl methyl sites for hydroxylation is 1. The highest BCUT2D eigenvalue weighted by molar-refractivity contribution is 5.69. The molecule has 0 saturated carbocycles. The topological polar surface area (TPSA) is 118 Å². The smallest absolute Gasteiger partial charge is 0.310 e. The maximum atomic E-state index is 12.0. The van der Waals surface area contributed by atoms with E-state index in [1.165, 1.54) is 24.3 Å². The minimum atomic E-state index is -0.736. The molecule has 1 atom stereocenters. The number of aromatic nitrogens is 2. The fourth-order valence-corrected chi connectivity index (χ4v) is 2.51. The van der Waals surface area contributed by atoms with Crippen molar-refractivity contribution >= 4 is 11.7 Å². The first-order valence-electron chi connectivity index (χ1n) is 8.90. The second-order valence-electron chi connectivity index (χ2n) is 6.25. The molecule has 0 fully saturated rings. The van der Waals surface area contributed by atoms with Crippen molar-refractivity contribution in [2.24, 2.45) is 0 Å². The van der Waals surface area contributed by atoms with Crippen LogP contribution in [0.5, 0.6) is 5.75 Å². The molecule has 0 unspecified atom stereocenters. The monoisotopic (exact) mass is 397 g/mol. The van der Waals surface area contributed by atoms with E-state index in [1.807, 2.05) is 31.2 Å². The standard InChI is InChI=1S/C20H19N3O6/c1-13-5-3-4-6-17(13)27-12-11-18(24)28-14(2)19-21-22-20(29-19)15-7-9-16(10-8-15)23(25)26/h3-10,14H,11-12H2,1-2H3/t14-/m0/s1. The summed E-state index contributed by atoms with van der Waals surface area (Å²) >= 11 is 0. The SMILES string of the molecule is Cc1ccccc1OCCC(=O)O[C@@H](C)c1nnc(-c2ccc([N+](=O)[O-])cc2)o1. The van der Waals surface area contributed by atoms with Crippen LogP contribution in [0.15, 0.2) is 52.9 Å². The molecule has 0 aliphatic carbocycles. The number of hydrogen-bond acceptors (Lipinski definition) is 8. The quantitative estimate of drug-likeness (QED) is 0.318. The van der Waals surface area contributed by atoms with Gasteiger partial charge in [0.15, 0.2) is 6.10 Å². The Balaban J connectivity index is 1.53. The summed E-state index contributed by atoms with van der Waals surface area (Å²) in [5.74, 6) is 0.575. The molecular weight excluding hydrogens is 378 g/mol. The summed E-state index contributed by atoms with van der Waals surface area (Å²) in [6, 6.07) is 13.2. The van der Waals surface area contributed by atoms with E-state index in [2.05, 4.69) is 10.2 Å². The lowest BCUT2D eigenvalue weighted by Gasteiger charge is -2.11. The molecule has 3 rings (SSSR count). The first-order valence-corrected chi connectivity index (χ1v) is 8.90. The average Bonchev–Trinajstić information content (AvgIpc) is 3.20. The molecule has 0 radical (unpaired) electrons. The van der Waals surface area contributed by atoms with Crippen LogP contribution < -0.4 is 4.74 Å². The highest BCUT2D eigenvalue weighted by Gasteiger charge is 2.19. The normalized spacial score (nSPS) is 11.7. The Hall–Kier alpha value is -3.75. The molecule has 1 aromatic heterocycles. The Morgan fingerprint density at radius 3 is 2.59 bits per heavy atom. The predicted molar refractivity (Wildman–Crippen MR) is 102 cm³/mol. The Labute approximate surface area is 166 Å². The number of nitro groups is 1. The van der Waals surface area contributed by atoms with Gasteiger partial charge in [0.2, 0.25) is 5.89 Å². The number of nitrogens with zero attached hydrogens (tertiary/aromatic N) is 3. The van der Waals surface area contributed by atoms with E-state index in [4.69, 9.17) is 13.9 Å². The number of carbonyl (C=O) groups excluding carboxylic acids is 1. The van der Waals surface area contributed by atoms with Gasteiger partial charge in [0, 0.05) is 17.7 Å². The third-order valence-corrected chi connectivity index (χ3v) is 4.08. The van der Waals surface area contributed by atoms with Gasteiger partial charge in [-0.25, -0.2) is 0 Å². The van der Waals surface area contributed by atoms with E-state index >= 15 is 0 Å². The molecule has 150 valence electrons. The number of benzene rings is 2. The highest BCUT2D eigenvalue weighted by Crippen LogP contribution is 2.24. The van der Waals surface area contributed by atoms with Gasteiger partial charge in [-0.2, -0.15) is 0 Å². The summed E-state index contributed by atoms with van der Waals surface area (Å²) in [5.41, 5.74) is 1.47. The Morgan fingerprint density at radius 1 is 1.17 bits per heavy atom. The van der Waals surface area contributed by atoms with E-state index in [0.29, 0.717) is 5.56 Å². The summed E-state index contributed by atoms with van der Waals surface area (Å²) in [5, 5.41) is 18.5. The lowest BCUT2D eigenvalue weighted by Crippen LogP contribution is -2.13. The van der Waals surface area contributed by atoms with Gasteiger partial charge in [0.05, 0.1) is 18.0 Å². The van der Waals surface area contributed by atoms with Crippen LogP contribution in [0, 0.1) is 17.0 Å². The van der Waals surface area contributed by atoms with E-state index in [9.17, 15) is 14.9 Å². The van der Waals surface area contributed by atoms with Crippen LogP contribution in [0.4, 0.5) is 5.69 Å². The molecule has 0 aliphatic heterocycles. The number of rotatable bonds is 8. The number of non-ortho nitro benzene ring substituents is 1. The second kappa shape index (κ2) is 8.96. The molecule has 0 bridgehead atoms. The van der Waals surface area contributed by atoms with Crippen LogP contribution in [0.2, 0.25) is 0 Å². The number of hydrogen-bond donors (Lipinski definition) is 0. The van der Waals surface area contributed by atoms with Crippen molar-refractivity contribution in [1.82, 2.24) is 10.2 Å². The van der Waals surface area contributed by atoms with Gasteiger partial charge >= 0.3 is 5.97 Å². The summed E-state index contributed by atoms with van der Waals surface area (Å²) in [6.07, 6.45) is -0.664. The lowest BCUT2D eigenvalue weighted by atomic mass is 10.2. The van der Waals surface area contributed by atoms with Gasteiger partial charge in [-0.3, -0.25) is 14.9 Å². The summed E-state index contributed by atoms with van der Waals surface area (Å²) in [6.45, 7) is 3.73. The minimum absolute atomic E-state index is 0.0382. The van der Waals surface area contributed by atoms with E-state index in [0.717, 1.165) is 11.3 Å². The van der Waals surface area contributed by atoms with Crippen molar-refractivity contribution in [3.05, 3.63) is 70.1 Å². The van der Waals surface area contributed by atoms with Crippen molar-refractivity contribution in [1.29, 1.82) is 0 Å². The maximum Gasteiger partial charge on any atom is 0.310 e. The molecule has 29 heavy (non-hydrogen) atoms. The predicted octanol–water partition coefficient (Wildman–Crippen LogP) is 4.03. The van der Waals surface area contributed by atoms with Crippen LogP contribution >= 0.6 is 0 Å². The van der Waals surface area contributed by atoms with Crippen LogP contribution in [-0.4, -0.2) is 27.7 Å². The zero-order valence-electron chi connectivity index (χ0n) is 15.9. The van der Waals surface area contributed by atoms with E-state index in [-0.39, 0.29) is 30.5 Å². The molecule has 0 saturated heterocycles. The summed E-state index contributed by atoms with van der Waals surface area (Å²) in [4.78, 5) is 22.2. The van der Waals surface area contributed by atoms with Crippen molar-refractivity contribution in [2.75, 3.05) is 6.61 Å². The fraction of sp³-hybridized carbons (Fsp3) is 0.250. The van der Waals surface area contributed by atoms with Gasteiger partial charge in [-0.1, -0.05) is 18.2 Å². The second-order valence-corrected chi connectivity index (χ2v) is 6.25. The molecule has 9 heteroatoms. The number of para-hydroxylation sites is 1. The van der Waals surface area contributed by atoms with Crippen molar-refractivity contribution in [3.63, 3.8) is 0 Å². The van der Waals surface area contributed by atoms with Gasteiger partial charge in [-0.15, -0.1) is 10.2 Å². The molecule has 0 spiro atoms. The third kappa shape index (κ3) is 5.16. The molecule has 0 amide bonds. The third-order valence-electron chi connectivity index (χ3n) is 4.08.